The first-order valence-corrected chi connectivity index (χ1v) is 15.7. The van der Waals surface area contributed by atoms with E-state index in [1.165, 1.54) is 24.2 Å². The summed E-state index contributed by atoms with van der Waals surface area (Å²) in [6.07, 6.45) is 8.10. The molecule has 35 heavy (non-hydrogen) atoms. The molecule has 6 heteroatoms. The molecular weight excluding hydrogens is 477 g/mol. The highest BCUT2D eigenvalue weighted by Gasteiger charge is 2.31. The number of aromatic nitrogens is 1. The lowest BCUT2D eigenvalue weighted by atomic mass is 9.87. The van der Waals surface area contributed by atoms with Crippen LogP contribution in [-0.2, 0) is 21.6 Å². The Kier molecular flexibility index (Phi) is 12.5. The lowest BCUT2D eigenvalue weighted by Gasteiger charge is -2.44. The van der Waals surface area contributed by atoms with Gasteiger partial charge in [-0.05, 0) is 66.6 Å². The second-order valence-corrected chi connectivity index (χ2v) is 15.0. The molecule has 0 aliphatic rings. The van der Waals surface area contributed by atoms with Gasteiger partial charge in [-0.25, -0.2) is 4.39 Å². The van der Waals surface area contributed by atoms with Crippen molar-refractivity contribution in [2.24, 2.45) is 0 Å². The average molecular weight is 524 g/mol. The molecule has 0 aliphatic carbocycles. The van der Waals surface area contributed by atoms with Crippen molar-refractivity contribution in [3.63, 3.8) is 0 Å². The van der Waals surface area contributed by atoms with Crippen molar-refractivity contribution in [2.45, 2.75) is 85.2 Å². The number of halogens is 1. The number of hydrogen-bond acceptors (Lipinski definition) is 4. The van der Waals surface area contributed by atoms with Crippen molar-refractivity contribution >= 4 is 22.4 Å². The van der Waals surface area contributed by atoms with Crippen molar-refractivity contribution in [1.29, 1.82) is 0 Å². The Labute approximate surface area is 220 Å². The number of pyridine rings is 1. The van der Waals surface area contributed by atoms with E-state index in [9.17, 15) is 4.39 Å². The maximum atomic E-state index is 13.8. The monoisotopic (exact) mass is 523 g/mol. The molecule has 0 saturated carbocycles. The fraction of sp³-hybridized carbons (Fsp3) is 0.552. The van der Waals surface area contributed by atoms with Crippen molar-refractivity contribution in [3.8, 4) is 11.1 Å². The largest absolute Gasteiger partial charge is 0.332 e. The average Bonchev–Trinajstić information content (AvgIpc) is 2.75. The van der Waals surface area contributed by atoms with Gasteiger partial charge in [-0.1, -0.05) is 66.7 Å². The molecule has 0 fully saturated rings. The van der Waals surface area contributed by atoms with E-state index >= 15 is 0 Å². The Morgan fingerprint density at radius 1 is 1.00 bits per heavy atom. The van der Waals surface area contributed by atoms with Crippen LogP contribution >= 0.6 is 22.4 Å². The van der Waals surface area contributed by atoms with E-state index < -0.39 is 10.3 Å². The second-order valence-electron chi connectivity index (χ2n) is 10.5. The summed E-state index contributed by atoms with van der Waals surface area (Å²) in [5.74, 6) is 0.223. The van der Waals surface area contributed by atoms with Crippen molar-refractivity contribution < 1.29 is 12.8 Å². The first-order valence-electron chi connectivity index (χ1n) is 12.1. The van der Waals surface area contributed by atoms with Gasteiger partial charge >= 0.3 is 0 Å². The Morgan fingerprint density at radius 2 is 1.46 bits per heavy atom. The zero-order valence-electron chi connectivity index (χ0n) is 23.6. The van der Waals surface area contributed by atoms with Crippen LogP contribution in [0.4, 0.5) is 4.39 Å². The molecule has 0 radical (unpaired) electrons. The van der Waals surface area contributed by atoms with Crippen LogP contribution in [0.5, 0.6) is 0 Å². The molecule has 2 rings (SSSR count). The number of allylic oxidation sites excluding steroid dienone is 1. The van der Waals surface area contributed by atoms with Crippen LogP contribution in [0.15, 0.2) is 36.9 Å². The maximum absolute atomic E-state index is 13.8. The Hall–Kier alpha value is -1.34. The number of benzene rings is 1. The zero-order chi connectivity index (χ0) is 27.0. The van der Waals surface area contributed by atoms with Crippen LogP contribution < -0.4 is 0 Å². The number of nitrogens with zero attached hydrogens (tertiary/aromatic N) is 1. The predicted octanol–water partition coefficient (Wildman–Crippen LogP) is 9.42. The predicted molar refractivity (Wildman–Crippen MR) is 156 cm³/mol. The molecular formula is C29H46FNO2S2. The molecule has 1 heterocycles. The standard InChI is InChI=1S/C26H40FNO2S2.C3H6/c1-17(2)24-21(15-29-31-8)23(19-11-13-20(27)14-12-19)22(25(28-24)18(3)4)16-30-32(9,10)26(5,6)7;1-3-2/h11-14,17-18H,15-16H2,1-10H3;3H,1H2,2H3. The molecule has 0 unspecified atom stereocenters. The summed E-state index contributed by atoms with van der Waals surface area (Å²) in [5.41, 5.74) is 6.27. The lowest BCUT2D eigenvalue weighted by molar-refractivity contribution is 0.334. The lowest BCUT2D eigenvalue weighted by Crippen LogP contribution is -2.25. The minimum Gasteiger partial charge on any atom is -0.332 e. The van der Waals surface area contributed by atoms with Crippen LogP contribution in [0.1, 0.15) is 89.7 Å². The van der Waals surface area contributed by atoms with Gasteiger partial charge in [0.15, 0.2) is 0 Å². The SMILES string of the molecule is C=CC.CSOCc1c(C(C)C)nc(C(C)C)c(COS(C)(C)C(C)(C)C)c1-c1ccc(F)cc1. The molecule has 2 aromatic rings. The van der Waals surface area contributed by atoms with Gasteiger partial charge in [-0.15, -0.1) is 16.9 Å². The van der Waals surface area contributed by atoms with E-state index in [2.05, 4.69) is 67.6 Å². The minimum absolute atomic E-state index is 0.0527. The van der Waals surface area contributed by atoms with E-state index in [-0.39, 0.29) is 22.4 Å². The highest BCUT2D eigenvalue weighted by molar-refractivity contribution is 8.29. The van der Waals surface area contributed by atoms with Crippen molar-refractivity contribution in [1.82, 2.24) is 4.98 Å². The summed E-state index contributed by atoms with van der Waals surface area (Å²) in [6, 6.07) is 6.75. The quantitative estimate of drug-likeness (QED) is 0.242. The number of rotatable bonds is 9. The molecule has 3 nitrogen and oxygen atoms in total. The first kappa shape index (κ1) is 31.7. The van der Waals surface area contributed by atoms with E-state index in [0.29, 0.717) is 13.2 Å². The van der Waals surface area contributed by atoms with Crippen LogP contribution in [-0.4, -0.2) is 28.5 Å². The van der Waals surface area contributed by atoms with E-state index in [1.54, 1.807) is 6.08 Å². The molecule has 0 bridgehead atoms. The van der Waals surface area contributed by atoms with E-state index in [4.69, 9.17) is 13.4 Å². The Bertz CT molecular complexity index is 949. The summed E-state index contributed by atoms with van der Waals surface area (Å²) in [7, 11) is -1.32. The normalized spacial score (nSPS) is 12.5. The number of hydrogen-bond donors (Lipinski definition) is 0. The summed E-state index contributed by atoms with van der Waals surface area (Å²) < 4.78 is 26.3. The third-order valence-electron chi connectivity index (χ3n) is 5.98. The molecule has 0 spiro atoms. The fourth-order valence-electron chi connectivity index (χ4n) is 3.42. The van der Waals surface area contributed by atoms with Crippen LogP contribution in [0, 0.1) is 5.82 Å². The molecule has 198 valence electrons. The van der Waals surface area contributed by atoms with Gasteiger partial charge in [0.1, 0.15) is 5.82 Å². The summed E-state index contributed by atoms with van der Waals surface area (Å²) in [6.45, 7) is 21.5. The minimum atomic E-state index is -1.32. The molecule has 0 atom stereocenters. The third-order valence-corrected chi connectivity index (χ3v) is 9.99. The van der Waals surface area contributed by atoms with Crippen LogP contribution in [0.3, 0.4) is 0 Å². The molecule has 1 aromatic heterocycles. The molecule has 0 amide bonds. The highest BCUT2D eigenvalue weighted by atomic mass is 32.3. The van der Waals surface area contributed by atoms with Gasteiger partial charge in [0.25, 0.3) is 0 Å². The maximum Gasteiger partial charge on any atom is 0.123 e. The smallest absolute Gasteiger partial charge is 0.123 e. The second kappa shape index (κ2) is 13.8. The van der Waals surface area contributed by atoms with Crippen LogP contribution in [0.2, 0.25) is 0 Å². The zero-order valence-corrected chi connectivity index (χ0v) is 25.3. The van der Waals surface area contributed by atoms with E-state index in [0.717, 1.165) is 33.6 Å². The molecule has 0 saturated heterocycles. The molecule has 0 aliphatic heterocycles. The van der Waals surface area contributed by atoms with Gasteiger partial charge in [-0.3, -0.25) is 4.98 Å². The van der Waals surface area contributed by atoms with Gasteiger partial charge in [-0.2, -0.15) is 0 Å². The highest BCUT2D eigenvalue weighted by Crippen LogP contribution is 2.54. The van der Waals surface area contributed by atoms with Gasteiger partial charge in [0.2, 0.25) is 0 Å². The van der Waals surface area contributed by atoms with Crippen molar-refractivity contribution in [3.05, 3.63) is 65.3 Å². The topological polar surface area (TPSA) is 31.4 Å². The van der Waals surface area contributed by atoms with Gasteiger partial charge in [0, 0.05) is 33.5 Å². The first-order chi connectivity index (χ1) is 16.2. The third kappa shape index (κ3) is 8.63. The summed E-state index contributed by atoms with van der Waals surface area (Å²) in [4.78, 5) is 5.16. The summed E-state index contributed by atoms with van der Waals surface area (Å²) >= 11 is 1.35. The fourth-order valence-corrected chi connectivity index (χ4v) is 4.42. The van der Waals surface area contributed by atoms with E-state index in [1.807, 2.05) is 25.3 Å². The molecule has 0 N–H and O–H groups in total. The molecule has 1 aromatic carbocycles. The van der Waals surface area contributed by atoms with Crippen LogP contribution in [0.25, 0.3) is 11.1 Å². The van der Waals surface area contributed by atoms with Crippen molar-refractivity contribution in [2.75, 3.05) is 18.8 Å². The van der Waals surface area contributed by atoms with Gasteiger partial charge in [0.05, 0.1) is 13.2 Å². The van der Waals surface area contributed by atoms with Gasteiger partial charge < -0.3 is 8.37 Å². The summed E-state index contributed by atoms with van der Waals surface area (Å²) in [5, 5.41) is 0. The Balaban J connectivity index is 0.00000194. The Morgan fingerprint density at radius 3 is 1.86 bits per heavy atom.